The first-order chi connectivity index (χ1) is 4.22. The highest BCUT2D eigenvalue weighted by Crippen LogP contribution is 2.22. The first kappa shape index (κ1) is 7.08. The average molecular weight is 254 g/mol. The summed E-state index contributed by atoms with van der Waals surface area (Å²) in [5.74, 6) is 0. The van der Waals surface area contributed by atoms with E-state index in [1.807, 2.05) is 0 Å². The number of anilines is 1. The van der Waals surface area contributed by atoms with Crippen LogP contribution in [0.3, 0.4) is 0 Å². The van der Waals surface area contributed by atoms with Crippen molar-refractivity contribution in [3.05, 3.63) is 21.0 Å². The zero-order valence-corrected chi connectivity index (χ0v) is 7.35. The van der Waals surface area contributed by atoms with Gasteiger partial charge in [-0.2, -0.15) is 0 Å². The molecule has 0 aliphatic rings. The number of rotatable bonds is 0. The Morgan fingerprint density at radius 1 is 1.56 bits per heavy atom. The van der Waals surface area contributed by atoms with E-state index in [0.29, 0.717) is 10.7 Å². The number of aromatic nitrogens is 1. The Balaban J connectivity index is 3.25. The van der Waals surface area contributed by atoms with Gasteiger partial charge in [0.1, 0.15) is 0 Å². The van der Waals surface area contributed by atoms with Crippen LogP contribution in [0, 0.1) is 3.57 Å². The summed E-state index contributed by atoms with van der Waals surface area (Å²) in [5, 5.41) is 0.589. The molecule has 0 atom stereocenters. The first-order valence-electron chi connectivity index (χ1n) is 2.26. The summed E-state index contributed by atoms with van der Waals surface area (Å²) < 4.78 is 0.884. The normalized spacial score (nSPS) is 9.56. The SMILES string of the molecule is Nc1cncc(I)c1Cl. The minimum atomic E-state index is 0.531. The molecule has 0 aromatic carbocycles. The molecule has 0 radical (unpaired) electrons. The van der Waals surface area contributed by atoms with E-state index in [1.165, 1.54) is 6.20 Å². The number of nitrogens with two attached hydrogens (primary N) is 1. The third-order valence-corrected chi connectivity index (χ3v) is 2.42. The van der Waals surface area contributed by atoms with Crippen molar-refractivity contribution in [1.29, 1.82) is 0 Å². The predicted octanol–water partition coefficient (Wildman–Crippen LogP) is 1.92. The van der Waals surface area contributed by atoms with Gasteiger partial charge >= 0.3 is 0 Å². The van der Waals surface area contributed by atoms with E-state index < -0.39 is 0 Å². The Hall–Kier alpha value is -0.0300. The van der Waals surface area contributed by atoms with Crippen molar-refractivity contribution in [1.82, 2.24) is 4.98 Å². The van der Waals surface area contributed by atoms with Crippen LogP contribution in [0.5, 0.6) is 0 Å². The smallest absolute Gasteiger partial charge is 0.0800 e. The van der Waals surface area contributed by atoms with Gasteiger partial charge in [-0.15, -0.1) is 0 Å². The second kappa shape index (κ2) is 2.70. The molecule has 1 aromatic heterocycles. The molecule has 2 nitrogen and oxygen atoms in total. The highest BCUT2D eigenvalue weighted by Gasteiger charge is 1.98. The lowest BCUT2D eigenvalue weighted by Gasteiger charge is -1.96. The lowest BCUT2D eigenvalue weighted by Crippen LogP contribution is -1.88. The minimum absolute atomic E-state index is 0.531. The van der Waals surface area contributed by atoms with Gasteiger partial charge in [-0.1, -0.05) is 11.6 Å². The molecule has 0 saturated heterocycles. The third-order valence-electron chi connectivity index (χ3n) is 0.865. The van der Waals surface area contributed by atoms with E-state index in [4.69, 9.17) is 17.3 Å². The van der Waals surface area contributed by atoms with Crippen LogP contribution in [0.2, 0.25) is 5.02 Å². The molecule has 0 amide bonds. The van der Waals surface area contributed by atoms with Gasteiger partial charge in [0.25, 0.3) is 0 Å². The zero-order chi connectivity index (χ0) is 6.85. The third kappa shape index (κ3) is 1.46. The van der Waals surface area contributed by atoms with Crippen LogP contribution < -0.4 is 5.73 Å². The molecule has 1 aromatic rings. The highest BCUT2D eigenvalue weighted by atomic mass is 127. The molecular weight excluding hydrogens is 250 g/mol. The maximum absolute atomic E-state index is 5.71. The van der Waals surface area contributed by atoms with Crippen LogP contribution in [0.1, 0.15) is 0 Å². The van der Waals surface area contributed by atoms with Crippen LogP contribution in [0.4, 0.5) is 5.69 Å². The van der Waals surface area contributed by atoms with Gasteiger partial charge < -0.3 is 5.73 Å². The van der Waals surface area contributed by atoms with Crippen molar-refractivity contribution < 1.29 is 0 Å². The van der Waals surface area contributed by atoms with Crippen LogP contribution in [0.25, 0.3) is 0 Å². The summed E-state index contributed by atoms with van der Waals surface area (Å²) in [6, 6.07) is 0. The largest absolute Gasteiger partial charge is 0.396 e. The Labute approximate surface area is 71.6 Å². The summed E-state index contributed by atoms with van der Waals surface area (Å²) in [4.78, 5) is 3.83. The van der Waals surface area contributed by atoms with Gasteiger partial charge in [-0.3, -0.25) is 4.98 Å². The fourth-order valence-electron chi connectivity index (χ4n) is 0.434. The fraction of sp³-hybridized carbons (Fsp3) is 0. The molecule has 2 N–H and O–H groups in total. The van der Waals surface area contributed by atoms with Crippen molar-refractivity contribution in [2.45, 2.75) is 0 Å². The van der Waals surface area contributed by atoms with Crippen LogP contribution in [0.15, 0.2) is 12.4 Å². The Bertz CT molecular complexity index is 206. The van der Waals surface area contributed by atoms with Crippen LogP contribution in [-0.4, -0.2) is 4.98 Å². The summed E-state index contributed by atoms with van der Waals surface area (Å²) in [7, 11) is 0. The fourth-order valence-corrected chi connectivity index (χ4v) is 1.00. The first-order valence-corrected chi connectivity index (χ1v) is 3.72. The molecule has 48 valence electrons. The lowest BCUT2D eigenvalue weighted by atomic mass is 10.4. The molecule has 0 spiro atoms. The number of pyridine rings is 1. The van der Waals surface area contributed by atoms with Gasteiger partial charge in [-0.25, -0.2) is 0 Å². The number of nitrogens with zero attached hydrogens (tertiary/aromatic N) is 1. The zero-order valence-electron chi connectivity index (χ0n) is 4.44. The van der Waals surface area contributed by atoms with Crippen molar-refractivity contribution in [2.75, 3.05) is 5.73 Å². The summed E-state index contributed by atoms with van der Waals surface area (Å²) in [5.41, 5.74) is 5.95. The van der Waals surface area contributed by atoms with Crippen molar-refractivity contribution >= 4 is 39.9 Å². The minimum Gasteiger partial charge on any atom is -0.396 e. The van der Waals surface area contributed by atoms with E-state index in [1.54, 1.807) is 6.20 Å². The molecular formula is C5H4ClIN2. The molecule has 0 aliphatic carbocycles. The second-order valence-electron chi connectivity index (χ2n) is 1.52. The molecule has 1 rings (SSSR count). The Morgan fingerprint density at radius 2 is 2.22 bits per heavy atom. The van der Waals surface area contributed by atoms with E-state index in [-0.39, 0.29) is 0 Å². The van der Waals surface area contributed by atoms with Crippen LogP contribution in [-0.2, 0) is 0 Å². The molecule has 4 heteroatoms. The van der Waals surface area contributed by atoms with Gasteiger partial charge in [0.05, 0.1) is 20.5 Å². The van der Waals surface area contributed by atoms with Crippen molar-refractivity contribution in [2.24, 2.45) is 0 Å². The monoisotopic (exact) mass is 254 g/mol. The standard InChI is InChI=1S/C5H4ClIN2/c6-5-3(7)1-9-2-4(5)8/h1-2H,8H2. The predicted molar refractivity (Wildman–Crippen MR) is 46.4 cm³/mol. The van der Waals surface area contributed by atoms with Gasteiger partial charge in [-0.05, 0) is 22.6 Å². The van der Waals surface area contributed by atoms with Gasteiger partial charge in [0, 0.05) is 6.20 Å². The van der Waals surface area contributed by atoms with Gasteiger partial charge in [0.15, 0.2) is 0 Å². The molecule has 0 saturated carbocycles. The maximum Gasteiger partial charge on any atom is 0.0800 e. The van der Waals surface area contributed by atoms with E-state index in [2.05, 4.69) is 27.6 Å². The van der Waals surface area contributed by atoms with E-state index in [0.717, 1.165) is 3.57 Å². The number of nitrogen functional groups attached to an aromatic ring is 1. The summed E-state index contributed by atoms with van der Waals surface area (Å²) >= 11 is 7.78. The second-order valence-corrected chi connectivity index (χ2v) is 3.06. The number of hydrogen-bond donors (Lipinski definition) is 1. The van der Waals surface area contributed by atoms with E-state index >= 15 is 0 Å². The quantitative estimate of drug-likeness (QED) is 0.719. The van der Waals surface area contributed by atoms with Crippen molar-refractivity contribution in [3.8, 4) is 0 Å². The lowest BCUT2D eigenvalue weighted by molar-refractivity contribution is 1.31. The maximum atomic E-state index is 5.71. The Morgan fingerprint density at radius 3 is 2.67 bits per heavy atom. The highest BCUT2D eigenvalue weighted by molar-refractivity contribution is 14.1. The molecule has 0 bridgehead atoms. The molecule has 0 aliphatic heterocycles. The summed E-state index contributed by atoms with van der Waals surface area (Å²) in [6.45, 7) is 0. The molecule has 0 unspecified atom stereocenters. The van der Waals surface area contributed by atoms with E-state index in [9.17, 15) is 0 Å². The van der Waals surface area contributed by atoms with Crippen LogP contribution >= 0.6 is 34.2 Å². The average Bonchev–Trinajstić information content (AvgIpc) is 1.83. The topological polar surface area (TPSA) is 38.9 Å². The molecule has 1 heterocycles. The summed E-state index contributed by atoms with van der Waals surface area (Å²) in [6.07, 6.45) is 3.20. The van der Waals surface area contributed by atoms with Gasteiger partial charge in [0.2, 0.25) is 0 Å². The Kier molecular flexibility index (Phi) is 2.13. The van der Waals surface area contributed by atoms with Crippen molar-refractivity contribution in [3.63, 3.8) is 0 Å². The number of hydrogen-bond acceptors (Lipinski definition) is 2. The molecule has 9 heavy (non-hydrogen) atoms. The number of halogens is 2. The molecule has 0 fully saturated rings.